The minimum Gasteiger partial charge on any atom is -0.394 e. The third kappa shape index (κ3) is 8.11. The third-order valence-electron chi connectivity index (χ3n) is 3.81. The first-order chi connectivity index (χ1) is 9.17. The quantitative estimate of drug-likeness (QED) is 0.321. The summed E-state index contributed by atoms with van der Waals surface area (Å²) in [6.07, 6.45) is 8.92. The number of rotatable bonds is 13. The normalized spacial score (nSPS) is 13.7. The lowest BCUT2D eigenvalue weighted by Gasteiger charge is -2.33. The maximum atomic E-state index is 6.54. The van der Waals surface area contributed by atoms with Crippen LogP contribution in [0.15, 0.2) is 0 Å². The van der Waals surface area contributed by atoms with Crippen LogP contribution in [0.3, 0.4) is 0 Å². The topological polar surface area (TPSA) is 18.5 Å². The van der Waals surface area contributed by atoms with Gasteiger partial charge in [-0.25, -0.2) is 0 Å². The molecule has 0 aromatic carbocycles. The predicted octanol–water partition coefficient (Wildman–Crippen LogP) is 5.66. The Morgan fingerprint density at radius 1 is 0.789 bits per heavy atom. The van der Waals surface area contributed by atoms with Gasteiger partial charge in [-0.3, -0.25) is 0 Å². The van der Waals surface area contributed by atoms with Crippen LogP contribution in [0.4, 0.5) is 0 Å². The smallest absolute Gasteiger partial charge is 0.337 e. The molecule has 0 N–H and O–H groups in total. The van der Waals surface area contributed by atoms with Crippen molar-refractivity contribution in [3.05, 3.63) is 0 Å². The molecule has 0 spiro atoms. The molecule has 0 fully saturated rings. The van der Waals surface area contributed by atoms with Crippen LogP contribution in [-0.4, -0.2) is 21.3 Å². The molecule has 0 saturated carbocycles. The largest absolute Gasteiger partial charge is 0.394 e. The van der Waals surface area contributed by atoms with Crippen LogP contribution in [0.5, 0.6) is 0 Å². The lowest BCUT2D eigenvalue weighted by molar-refractivity contribution is 0.0976. The predicted molar refractivity (Wildman–Crippen MR) is 86.9 cm³/mol. The van der Waals surface area contributed by atoms with E-state index in [2.05, 4.69) is 34.6 Å². The van der Waals surface area contributed by atoms with E-state index in [1.165, 1.54) is 38.5 Å². The molecule has 0 heterocycles. The Balaban J connectivity index is 4.46. The van der Waals surface area contributed by atoms with E-state index in [9.17, 15) is 0 Å². The third-order valence-corrected chi connectivity index (χ3v) is 7.46. The molecule has 0 aliphatic heterocycles. The van der Waals surface area contributed by atoms with Crippen LogP contribution < -0.4 is 0 Å². The van der Waals surface area contributed by atoms with E-state index in [-0.39, 0.29) is 0 Å². The summed E-state index contributed by atoms with van der Waals surface area (Å²) in [6.45, 7) is 12.1. The van der Waals surface area contributed by atoms with Gasteiger partial charge in [-0.05, 0) is 31.4 Å². The Bertz CT molecular complexity index is 193. The summed E-state index contributed by atoms with van der Waals surface area (Å²) in [5, 5.41) is 0. The monoisotopic (exact) mass is 288 g/mol. The van der Waals surface area contributed by atoms with Crippen molar-refractivity contribution < 1.29 is 8.85 Å². The average molecular weight is 289 g/mol. The second kappa shape index (κ2) is 11.9. The molecule has 2 nitrogen and oxygen atoms in total. The van der Waals surface area contributed by atoms with Crippen LogP contribution in [0.2, 0.25) is 12.1 Å². The molecule has 0 aromatic heterocycles. The Morgan fingerprint density at radius 2 is 1.42 bits per heavy atom. The van der Waals surface area contributed by atoms with E-state index in [4.69, 9.17) is 8.85 Å². The lowest BCUT2D eigenvalue weighted by atomic mass is 10.1. The van der Waals surface area contributed by atoms with E-state index in [0.29, 0.717) is 6.10 Å². The molecule has 1 atom stereocenters. The van der Waals surface area contributed by atoms with Crippen molar-refractivity contribution >= 4 is 8.56 Å². The Kier molecular flexibility index (Phi) is 12.0. The average Bonchev–Trinajstić information content (AvgIpc) is 2.44. The summed E-state index contributed by atoms with van der Waals surface area (Å²) >= 11 is 0. The zero-order valence-electron chi connectivity index (χ0n) is 14.0. The van der Waals surface area contributed by atoms with Gasteiger partial charge < -0.3 is 8.85 Å². The fraction of sp³-hybridized carbons (Fsp3) is 1.00. The standard InChI is InChI=1S/C16H36O2Si/c1-6-11-14-16(13-8-3)18-19(9-4,10-5)17-15-12-7-2/h16H,6-15H2,1-5H3. The first-order valence-electron chi connectivity index (χ1n) is 8.49. The van der Waals surface area contributed by atoms with Gasteiger partial charge >= 0.3 is 8.56 Å². The van der Waals surface area contributed by atoms with Crippen LogP contribution in [0.25, 0.3) is 0 Å². The molecule has 0 aliphatic carbocycles. The zero-order chi connectivity index (χ0) is 14.6. The molecule has 0 amide bonds. The van der Waals surface area contributed by atoms with Gasteiger partial charge in [0.1, 0.15) is 0 Å². The molecule has 3 heteroatoms. The molecule has 0 radical (unpaired) electrons. The van der Waals surface area contributed by atoms with E-state index in [0.717, 1.165) is 25.1 Å². The highest BCUT2D eigenvalue weighted by molar-refractivity contribution is 6.67. The second-order valence-electron chi connectivity index (χ2n) is 5.49. The lowest BCUT2D eigenvalue weighted by Crippen LogP contribution is -2.44. The van der Waals surface area contributed by atoms with E-state index in [1.807, 2.05) is 0 Å². The summed E-state index contributed by atoms with van der Waals surface area (Å²) in [5.74, 6) is 0. The van der Waals surface area contributed by atoms with Crippen molar-refractivity contribution in [2.45, 2.75) is 97.8 Å². The maximum absolute atomic E-state index is 6.54. The SMILES string of the molecule is CCCCO[Si](CC)(CC)OC(CCC)CCCC. The van der Waals surface area contributed by atoms with Gasteiger partial charge in [0.05, 0.1) is 0 Å². The van der Waals surface area contributed by atoms with Crippen LogP contribution in [-0.2, 0) is 8.85 Å². The van der Waals surface area contributed by atoms with Gasteiger partial charge in [-0.1, -0.05) is 60.3 Å². The molecule has 1 unspecified atom stereocenters. The summed E-state index contributed by atoms with van der Waals surface area (Å²) in [6, 6.07) is 2.17. The Morgan fingerprint density at radius 3 is 1.89 bits per heavy atom. The Labute approximate surface area is 122 Å². The highest BCUT2D eigenvalue weighted by Crippen LogP contribution is 2.25. The molecule has 19 heavy (non-hydrogen) atoms. The molecule has 0 bridgehead atoms. The minimum absolute atomic E-state index is 0.429. The molecular weight excluding hydrogens is 252 g/mol. The fourth-order valence-electron chi connectivity index (χ4n) is 2.38. The highest BCUT2D eigenvalue weighted by atomic mass is 28.4. The van der Waals surface area contributed by atoms with E-state index in [1.54, 1.807) is 0 Å². The first-order valence-corrected chi connectivity index (χ1v) is 10.7. The van der Waals surface area contributed by atoms with Crippen molar-refractivity contribution in [1.29, 1.82) is 0 Å². The first kappa shape index (κ1) is 19.1. The Hall–Kier alpha value is 0.137. The number of hydrogen-bond donors (Lipinski definition) is 0. The van der Waals surface area contributed by atoms with Crippen molar-refractivity contribution in [1.82, 2.24) is 0 Å². The van der Waals surface area contributed by atoms with Gasteiger partial charge in [0.15, 0.2) is 0 Å². The summed E-state index contributed by atoms with van der Waals surface area (Å²) in [5.41, 5.74) is 0. The minimum atomic E-state index is -1.93. The number of unbranched alkanes of at least 4 members (excludes halogenated alkanes) is 2. The second-order valence-corrected chi connectivity index (χ2v) is 9.25. The molecular formula is C16H36O2Si. The van der Waals surface area contributed by atoms with Gasteiger partial charge in [0.25, 0.3) is 0 Å². The van der Waals surface area contributed by atoms with Crippen LogP contribution in [0.1, 0.15) is 79.6 Å². The van der Waals surface area contributed by atoms with Crippen molar-refractivity contribution in [3.8, 4) is 0 Å². The van der Waals surface area contributed by atoms with Crippen LogP contribution in [0, 0.1) is 0 Å². The van der Waals surface area contributed by atoms with E-state index < -0.39 is 8.56 Å². The molecule has 0 aromatic rings. The van der Waals surface area contributed by atoms with Gasteiger partial charge in [0, 0.05) is 12.7 Å². The number of hydrogen-bond acceptors (Lipinski definition) is 2. The van der Waals surface area contributed by atoms with Crippen molar-refractivity contribution in [2.75, 3.05) is 6.61 Å². The summed E-state index contributed by atoms with van der Waals surface area (Å²) < 4.78 is 12.8. The van der Waals surface area contributed by atoms with Gasteiger partial charge in [-0.15, -0.1) is 0 Å². The van der Waals surface area contributed by atoms with Crippen molar-refractivity contribution in [3.63, 3.8) is 0 Å². The fourth-order valence-corrected chi connectivity index (χ4v) is 5.05. The summed E-state index contributed by atoms with van der Waals surface area (Å²) in [7, 11) is -1.93. The molecule has 0 aliphatic rings. The van der Waals surface area contributed by atoms with Gasteiger partial charge in [0.2, 0.25) is 0 Å². The van der Waals surface area contributed by atoms with Crippen molar-refractivity contribution in [2.24, 2.45) is 0 Å². The van der Waals surface area contributed by atoms with Crippen LogP contribution >= 0.6 is 0 Å². The summed E-state index contributed by atoms with van der Waals surface area (Å²) in [4.78, 5) is 0. The van der Waals surface area contributed by atoms with Gasteiger partial charge in [-0.2, -0.15) is 0 Å². The zero-order valence-corrected chi connectivity index (χ0v) is 15.0. The molecule has 0 saturated heterocycles. The molecule has 0 rings (SSSR count). The van der Waals surface area contributed by atoms with E-state index >= 15 is 0 Å². The maximum Gasteiger partial charge on any atom is 0.337 e. The molecule has 116 valence electrons. The highest BCUT2D eigenvalue weighted by Gasteiger charge is 2.35.